The van der Waals surface area contributed by atoms with Crippen molar-refractivity contribution in [3.8, 4) is 0 Å². The molecular weight excluding hydrogens is 210 g/mol. The molecule has 2 aromatic heterocycles. The second-order valence-corrected chi connectivity index (χ2v) is 3.37. The van der Waals surface area contributed by atoms with Gasteiger partial charge in [0.1, 0.15) is 0 Å². The van der Waals surface area contributed by atoms with Gasteiger partial charge in [-0.1, -0.05) is 5.21 Å². The smallest absolute Gasteiger partial charge is 0.255 e. The summed E-state index contributed by atoms with van der Waals surface area (Å²) in [6.07, 6.45) is 1.48. The Bertz CT molecular complexity index is 474. The topological polar surface area (TPSA) is 112 Å². The second kappa shape index (κ2) is 4.09. The molecule has 3 N–H and O–H groups in total. The van der Waals surface area contributed by atoms with Gasteiger partial charge in [0.25, 0.3) is 5.91 Å². The maximum atomic E-state index is 11.8. The van der Waals surface area contributed by atoms with E-state index >= 15 is 0 Å². The number of hydrogen-bond donors (Lipinski definition) is 3. The summed E-state index contributed by atoms with van der Waals surface area (Å²) in [5, 5.41) is 22.5. The molecular formula is C8H11N7O. The molecule has 2 heterocycles. The molecule has 0 saturated heterocycles. The third-order valence-electron chi connectivity index (χ3n) is 2.17. The molecule has 2 rings (SSSR count). The van der Waals surface area contributed by atoms with E-state index in [9.17, 15) is 4.79 Å². The van der Waals surface area contributed by atoms with E-state index in [-0.39, 0.29) is 11.9 Å². The van der Waals surface area contributed by atoms with Crippen molar-refractivity contribution < 1.29 is 4.79 Å². The number of H-pyrrole nitrogens is 2. The van der Waals surface area contributed by atoms with Gasteiger partial charge in [-0.05, 0) is 13.8 Å². The van der Waals surface area contributed by atoms with Crippen LogP contribution in [0.5, 0.6) is 0 Å². The Hall–Kier alpha value is -2.25. The summed E-state index contributed by atoms with van der Waals surface area (Å²) in [5.41, 5.74) is 1.23. The van der Waals surface area contributed by atoms with Crippen LogP contribution in [0.4, 0.5) is 0 Å². The molecule has 0 aliphatic carbocycles. The van der Waals surface area contributed by atoms with Gasteiger partial charge in [-0.2, -0.15) is 10.3 Å². The van der Waals surface area contributed by atoms with Crippen molar-refractivity contribution >= 4 is 5.91 Å². The highest BCUT2D eigenvalue weighted by molar-refractivity contribution is 5.95. The minimum atomic E-state index is -0.305. The van der Waals surface area contributed by atoms with E-state index in [0.29, 0.717) is 11.4 Å². The number of carbonyl (C=O) groups is 1. The number of nitrogens with zero attached hydrogens (tertiary/aromatic N) is 4. The van der Waals surface area contributed by atoms with Crippen LogP contribution >= 0.6 is 0 Å². The Morgan fingerprint density at radius 2 is 2.38 bits per heavy atom. The largest absolute Gasteiger partial charge is 0.342 e. The van der Waals surface area contributed by atoms with Crippen molar-refractivity contribution in [1.29, 1.82) is 0 Å². The fourth-order valence-corrected chi connectivity index (χ4v) is 1.27. The molecule has 16 heavy (non-hydrogen) atoms. The molecule has 0 fully saturated rings. The zero-order chi connectivity index (χ0) is 11.5. The fraction of sp³-hybridized carbons (Fsp3) is 0.375. The summed E-state index contributed by atoms with van der Waals surface area (Å²) < 4.78 is 0. The minimum absolute atomic E-state index is 0.219. The Morgan fingerprint density at radius 3 is 2.94 bits per heavy atom. The van der Waals surface area contributed by atoms with Gasteiger partial charge in [0, 0.05) is 5.69 Å². The van der Waals surface area contributed by atoms with Crippen LogP contribution in [0.25, 0.3) is 0 Å². The van der Waals surface area contributed by atoms with Gasteiger partial charge in [0.2, 0.25) is 0 Å². The van der Waals surface area contributed by atoms with E-state index in [1.807, 2.05) is 0 Å². The molecule has 8 heteroatoms. The van der Waals surface area contributed by atoms with Gasteiger partial charge in [-0.3, -0.25) is 9.89 Å². The molecule has 8 nitrogen and oxygen atoms in total. The lowest BCUT2D eigenvalue weighted by molar-refractivity contribution is 0.0938. The lowest BCUT2D eigenvalue weighted by Crippen LogP contribution is -2.27. The van der Waals surface area contributed by atoms with Crippen LogP contribution in [-0.2, 0) is 0 Å². The first-order chi connectivity index (χ1) is 7.68. The molecule has 1 atom stereocenters. The molecule has 0 bridgehead atoms. The van der Waals surface area contributed by atoms with Gasteiger partial charge in [-0.15, -0.1) is 10.2 Å². The third kappa shape index (κ3) is 1.90. The molecule has 0 saturated carbocycles. The highest BCUT2D eigenvalue weighted by Crippen LogP contribution is 2.07. The number of aromatic amines is 2. The highest BCUT2D eigenvalue weighted by atomic mass is 16.1. The normalized spacial score (nSPS) is 12.4. The number of aromatic nitrogens is 6. The molecule has 84 valence electrons. The van der Waals surface area contributed by atoms with Gasteiger partial charge >= 0.3 is 0 Å². The van der Waals surface area contributed by atoms with Crippen molar-refractivity contribution in [3.05, 3.63) is 23.3 Å². The summed E-state index contributed by atoms with van der Waals surface area (Å²) in [6.45, 7) is 3.55. The predicted molar refractivity (Wildman–Crippen MR) is 53.4 cm³/mol. The van der Waals surface area contributed by atoms with E-state index in [2.05, 4.69) is 36.1 Å². The van der Waals surface area contributed by atoms with Crippen LogP contribution in [-0.4, -0.2) is 36.7 Å². The zero-order valence-electron chi connectivity index (χ0n) is 8.85. The van der Waals surface area contributed by atoms with Crippen LogP contribution < -0.4 is 5.32 Å². The summed E-state index contributed by atoms with van der Waals surface area (Å²) in [6, 6.07) is -0.305. The maximum Gasteiger partial charge on any atom is 0.255 e. The molecule has 0 radical (unpaired) electrons. The summed E-state index contributed by atoms with van der Waals surface area (Å²) in [4.78, 5) is 11.8. The fourth-order valence-electron chi connectivity index (χ4n) is 1.27. The average Bonchev–Trinajstić information content (AvgIpc) is 2.86. The highest BCUT2D eigenvalue weighted by Gasteiger charge is 2.16. The van der Waals surface area contributed by atoms with Gasteiger partial charge < -0.3 is 5.32 Å². The van der Waals surface area contributed by atoms with Crippen molar-refractivity contribution in [1.82, 2.24) is 36.1 Å². The van der Waals surface area contributed by atoms with E-state index in [1.165, 1.54) is 6.20 Å². The molecule has 0 aromatic carbocycles. The second-order valence-electron chi connectivity index (χ2n) is 3.37. The van der Waals surface area contributed by atoms with E-state index in [4.69, 9.17) is 0 Å². The molecule has 2 aromatic rings. The SMILES string of the molecule is Cc1[nH]ncc1C(=O)NC(C)c1nn[nH]n1. The van der Waals surface area contributed by atoms with Crippen molar-refractivity contribution in [3.63, 3.8) is 0 Å². The average molecular weight is 221 g/mol. The number of nitrogens with one attached hydrogen (secondary N) is 3. The number of rotatable bonds is 3. The standard InChI is InChI=1S/C8H11N7O/c1-4-6(3-9-11-4)8(16)10-5(2)7-12-14-15-13-7/h3,5H,1-2H3,(H,9,11)(H,10,16)(H,12,13,14,15). The third-order valence-corrected chi connectivity index (χ3v) is 2.17. The quantitative estimate of drug-likeness (QED) is 0.660. The summed E-state index contributed by atoms with van der Waals surface area (Å²) in [5.74, 6) is 0.220. The molecule has 0 aliphatic heterocycles. The van der Waals surface area contributed by atoms with Crippen LogP contribution in [0.15, 0.2) is 6.20 Å². The van der Waals surface area contributed by atoms with E-state index in [1.54, 1.807) is 13.8 Å². The zero-order valence-corrected chi connectivity index (χ0v) is 8.85. The summed E-state index contributed by atoms with van der Waals surface area (Å²) >= 11 is 0. The lowest BCUT2D eigenvalue weighted by atomic mass is 10.2. The number of tetrazole rings is 1. The first-order valence-corrected chi connectivity index (χ1v) is 4.72. The molecule has 1 unspecified atom stereocenters. The lowest BCUT2D eigenvalue weighted by Gasteiger charge is -2.08. The van der Waals surface area contributed by atoms with Crippen LogP contribution in [0, 0.1) is 6.92 Å². The Kier molecular flexibility index (Phi) is 2.63. The molecule has 0 spiro atoms. The molecule has 0 aliphatic rings. The number of aryl methyl sites for hydroxylation is 1. The van der Waals surface area contributed by atoms with Gasteiger partial charge in [0.15, 0.2) is 5.82 Å². The van der Waals surface area contributed by atoms with Gasteiger partial charge in [-0.25, -0.2) is 0 Å². The van der Waals surface area contributed by atoms with E-state index in [0.717, 1.165) is 5.69 Å². The van der Waals surface area contributed by atoms with Crippen LogP contribution in [0.1, 0.15) is 34.8 Å². The molecule has 1 amide bonds. The Labute approximate surface area is 90.8 Å². The predicted octanol–water partition coefficient (Wildman–Crippen LogP) is -0.278. The van der Waals surface area contributed by atoms with E-state index < -0.39 is 0 Å². The number of amides is 1. The van der Waals surface area contributed by atoms with Crippen LogP contribution in [0.2, 0.25) is 0 Å². The first-order valence-electron chi connectivity index (χ1n) is 4.72. The monoisotopic (exact) mass is 221 g/mol. The Morgan fingerprint density at radius 1 is 1.56 bits per heavy atom. The van der Waals surface area contributed by atoms with Crippen molar-refractivity contribution in [2.45, 2.75) is 19.9 Å². The summed E-state index contributed by atoms with van der Waals surface area (Å²) in [7, 11) is 0. The first kappa shape index (κ1) is 10.3. The van der Waals surface area contributed by atoms with Crippen molar-refractivity contribution in [2.24, 2.45) is 0 Å². The Balaban J connectivity index is 2.06. The van der Waals surface area contributed by atoms with Crippen molar-refractivity contribution in [2.75, 3.05) is 0 Å². The number of carbonyl (C=O) groups excluding carboxylic acids is 1. The van der Waals surface area contributed by atoms with Crippen LogP contribution in [0.3, 0.4) is 0 Å². The minimum Gasteiger partial charge on any atom is -0.342 e. The maximum absolute atomic E-state index is 11.8. The number of hydrogen-bond acceptors (Lipinski definition) is 5. The van der Waals surface area contributed by atoms with Gasteiger partial charge in [0.05, 0.1) is 17.8 Å².